The predicted molar refractivity (Wildman–Crippen MR) is 139 cm³/mol. The first-order valence-electron chi connectivity index (χ1n) is 11.9. The summed E-state index contributed by atoms with van der Waals surface area (Å²) in [5, 5.41) is 0. The number of likely N-dealkylation sites (N-methyl/N-ethyl adjacent to an activating group) is 1. The molecule has 0 radical (unpaired) electrons. The third-order valence-corrected chi connectivity index (χ3v) is 6.85. The summed E-state index contributed by atoms with van der Waals surface area (Å²) in [6.07, 6.45) is 2.21. The maximum absolute atomic E-state index is 6.04. The van der Waals surface area contributed by atoms with Crippen LogP contribution >= 0.6 is 12.4 Å². The van der Waals surface area contributed by atoms with Gasteiger partial charge in [-0.25, -0.2) is 0 Å². The van der Waals surface area contributed by atoms with E-state index in [1.807, 2.05) is 0 Å². The average molecular weight is 466 g/mol. The highest BCUT2D eigenvalue weighted by atomic mass is 35.5. The van der Waals surface area contributed by atoms with Crippen molar-refractivity contribution in [3.8, 4) is 11.5 Å². The van der Waals surface area contributed by atoms with Crippen molar-refractivity contribution in [2.24, 2.45) is 0 Å². The number of ether oxygens (including phenoxy) is 2. The van der Waals surface area contributed by atoms with Crippen LogP contribution in [0.4, 0.5) is 0 Å². The van der Waals surface area contributed by atoms with Gasteiger partial charge in [0, 0.05) is 12.5 Å². The zero-order valence-corrected chi connectivity index (χ0v) is 20.8. The van der Waals surface area contributed by atoms with E-state index in [2.05, 4.69) is 91.5 Å². The molecule has 0 heterocycles. The fraction of sp³-hybridized carbons (Fsp3) is 0.379. The third-order valence-electron chi connectivity index (χ3n) is 6.85. The lowest BCUT2D eigenvalue weighted by atomic mass is 9.69. The van der Waals surface area contributed by atoms with Gasteiger partial charge in [0.05, 0.1) is 7.11 Å². The number of benzene rings is 3. The second-order valence-corrected chi connectivity index (χ2v) is 8.54. The molecule has 176 valence electrons. The molecule has 0 aliphatic heterocycles. The zero-order valence-electron chi connectivity index (χ0n) is 20.0. The van der Waals surface area contributed by atoms with Gasteiger partial charge in [-0.3, -0.25) is 0 Å². The van der Waals surface area contributed by atoms with Crippen molar-refractivity contribution in [2.45, 2.75) is 38.5 Å². The van der Waals surface area contributed by atoms with Crippen LogP contribution in [0.15, 0.2) is 72.8 Å². The second kappa shape index (κ2) is 12.1. The van der Waals surface area contributed by atoms with Gasteiger partial charge in [-0.15, -0.1) is 12.4 Å². The monoisotopic (exact) mass is 465 g/mol. The van der Waals surface area contributed by atoms with Crippen LogP contribution in [0, 0.1) is 0 Å². The zero-order chi connectivity index (χ0) is 22.3. The molecule has 1 aliphatic carbocycles. The fourth-order valence-corrected chi connectivity index (χ4v) is 5.00. The number of halogens is 1. The van der Waals surface area contributed by atoms with Gasteiger partial charge in [0.1, 0.15) is 18.1 Å². The van der Waals surface area contributed by atoms with Gasteiger partial charge in [-0.05, 0) is 78.4 Å². The minimum Gasteiger partial charge on any atom is -0.497 e. The summed E-state index contributed by atoms with van der Waals surface area (Å²) in [6.45, 7) is 8.19. The van der Waals surface area contributed by atoms with Crippen molar-refractivity contribution in [3.05, 3.63) is 95.1 Å². The SMILES string of the molecule is CCN(CC)CCOc1ccc([C@@H]2c3ccc(OC)cc3CC[C@H]2c2ccccc2)cc1.Cl. The molecule has 3 aromatic rings. The van der Waals surface area contributed by atoms with E-state index >= 15 is 0 Å². The van der Waals surface area contributed by atoms with Gasteiger partial charge in [0.2, 0.25) is 0 Å². The molecular formula is C29H36ClNO2. The lowest BCUT2D eigenvalue weighted by Crippen LogP contribution is -2.27. The Labute approximate surface area is 205 Å². The Bertz CT molecular complexity index is 986. The van der Waals surface area contributed by atoms with Crippen molar-refractivity contribution in [3.63, 3.8) is 0 Å². The highest BCUT2D eigenvalue weighted by molar-refractivity contribution is 5.85. The van der Waals surface area contributed by atoms with Crippen molar-refractivity contribution >= 4 is 12.4 Å². The number of hydrogen-bond acceptors (Lipinski definition) is 3. The Balaban J connectivity index is 0.00000306. The molecule has 0 bridgehead atoms. The van der Waals surface area contributed by atoms with Gasteiger partial charge >= 0.3 is 0 Å². The molecule has 3 nitrogen and oxygen atoms in total. The molecule has 3 aromatic carbocycles. The standard InChI is InChI=1S/C29H35NO2.ClH/c1-4-30(5-2)19-20-32-25-14-11-23(12-15-25)29-27(22-9-7-6-8-10-22)17-13-24-21-26(31-3)16-18-28(24)29;/h6-12,14-16,18,21,27,29H,4-5,13,17,19-20H2,1-3H3;1H/t27-,29-;/m0./s1. The third kappa shape index (κ3) is 5.90. The van der Waals surface area contributed by atoms with E-state index in [-0.39, 0.29) is 12.4 Å². The summed E-state index contributed by atoms with van der Waals surface area (Å²) in [5.74, 6) is 2.68. The highest BCUT2D eigenvalue weighted by Crippen LogP contribution is 2.47. The molecule has 0 amide bonds. The molecule has 1 aliphatic rings. The number of methoxy groups -OCH3 is 1. The number of hydrogen-bond donors (Lipinski definition) is 0. The van der Waals surface area contributed by atoms with Crippen molar-refractivity contribution in [1.29, 1.82) is 0 Å². The molecule has 0 N–H and O–H groups in total. The van der Waals surface area contributed by atoms with Gasteiger partial charge < -0.3 is 14.4 Å². The molecule has 0 saturated carbocycles. The summed E-state index contributed by atoms with van der Waals surface area (Å²) in [4.78, 5) is 2.38. The Kier molecular flexibility index (Phi) is 9.22. The number of fused-ring (bicyclic) bond motifs is 1. The second-order valence-electron chi connectivity index (χ2n) is 8.54. The van der Waals surface area contributed by atoms with Crippen LogP contribution in [0.25, 0.3) is 0 Å². The molecule has 0 spiro atoms. The van der Waals surface area contributed by atoms with E-state index in [1.165, 1.54) is 22.3 Å². The Morgan fingerprint density at radius 2 is 1.55 bits per heavy atom. The van der Waals surface area contributed by atoms with Crippen molar-refractivity contribution in [2.75, 3.05) is 33.4 Å². The van der Waals surface area contributed by atoms with E-state index in [0.29, 0.717) is 11.8 Å². The Morgan fingerprint density at radius 3 is 2.21 bits per heavy atom. The molecule has 4 heteroatoms. The molecule has 0 fully saturated rings. The van der Waals surface area contributed by atoms with E-state index < -0.39 is 0 Å². The van der Waals surface area contributed by atoms with Crippen molar-refractivity contribution in [1.82, 2.24) is 4.90 Å². The first kappa shape index (κ1) is 25.1. The summed E-state index contributed by atoms with van der Waals surface area (Å²) in [6, 6.07) is 26.3. The fourth-order valence-electron chi connectivity index (χ4n) is 5.00. The number of nitrogens with zero attached hydrogens (tertiary/aromatic N) is 1. The maximum atomic E-state index is 6.04. The van der Waals surface area contributed by atoms with Gasteiger partial charge in [-0.2, -0.15) is 0 Å². The summed E-state index contributed by atoms with van der Waals surface area (Å²) < 4.78 is 11.5. The molecular weight excluding hydrogens is 430 g/mol. The topological polar surface area (TPSA) is 21.7 Å². The first-order valence-corrected chi connectivity index (χ1v) is 11.9. The van der Waals surface area contributed by atoms with Crippen LogP contribution in [0.3, 0.4) is 0 Å². The molecule has 0 unspecified atom stereocenters. The number of rotatable bonds is 9. The van der Waals surface area contributed by atoms with Crippen LogP contribution < -0.4 is 9.47 Å². The van der Waals surface area contributed by atoms with E-state index in [1.54, 1.807) is 7.11 Å². The molecule has 33 heavy (non-hydrogen) atoms. The average Bonchev–Trinajstić information content (AvgIpc) is 2.86. The van der Waals surface area contributed by atoms with E-state index in [4.69, 9.17) is 9.47 Å². The highest BCUT2D eigenvalue weighted by Gasteiger charge is 2.32. The van der Waals surface area contributed by atoms with Crippen LogP contribution in [0.5, 0.6) is 11.5 Å². The van der Waals surface area contributed by atoms with Crippen LogP contribution in [0.2, 0.25) is 0 Å². The Morgan fingerprint density at radius 1 is 0.848 bits per heavy atom. The van der Waals surface area contributed by atoms with Crippen LogP contribution in [0.1, 0.15) is 54.4 Å². The first-order chi connectivity index (χ1) is 15.7. The minimum absolute atomic E-state index is 0. The van der Waals surface area contributed by atoms with Gasteiger partial charge in [-0.1, -0.05) is 62.4 Å². The summed E-state index contributed by atoms with van der Waals surface area (Å²) in [5.41, 5.74) is 5.58. The molecule has 4 rings (SSSR count). The van der Waals surface area contributed by atoms with Crippen LogP contribution in [-0.4, -0.2) is 38.3 Å². The normalized spacial score (nSPS) is 17.2. The maximum Gasteiger partial charge on any atom is 0.119 e. The molecule has 0 saturated heterocycles. The van der Waals surface area contributed by atoms with E-state index in [9.17, 15) is 0 Å². The van der Waals surface area contributed by atoms with E-state index in [0.717, 1.165) is 50.6 Å². The summed E-state index contributed by atoms with van der Waals surface area (Å²) >= 11 is 0. The minimum atomic E-state index is 0. The lowest BCUT2D eigenvalue weighted by Gasteiger charge is -2.35. The summed E-state index contributed by atoms with van der Waals surface area (Å²) in [7, 11) is 1.74. The van der Waals surface area contributed by atoms with Gasteiger partial charge in [0.25, 0.3) is 0 Å². The van der Waals surface area contributed by atoms with Crippen molar-refractivity contribution < 1.29 is 9.47 Å². The Hall–Kier alpha value is -2.49. The van der Waals surface area contributed by atoms with Crippen LogP contribution in [-0.2, 0) is 6.42 Å². The quantitative estimate of drug-likeness (QED) is 0.351. The molecule has 0 aromatic heterocycles. The predicted octanol–water partition coefficient (Wildman–Crippen LogP) is 6.70. The lowest BCUT2D eigenvalue weighted by molar-refractivity contribution is 0.223. The number of aryl methyl sites for hydroxylation is 1. The largest absolute Gasteiger partial charge is 0.497 e. The molecule has 2 atom stereocenters. The van der Waals surface area contributed by atoms with Gasteiger partial charge in [0.15, 0.2) is 0 Å². The smallest absolute Gasteiger partial charge is 0.119 e.